The van der Waals surface area contributed by atoms with Gasteiger partial charge in [-0.15, -0.1) is 35.1 Å². The minimum Gasteiger partial charge on any atom is -0.497 e. The van der Waals surface area contributed by atoms with Crippen molar-refractivity contribution in [1.82, 2.24) is 0 Å². The Balaban J connectivity index is -0.00000144. The van der Waals surface area contributed by atoms with Crippen LogP contribution in [0.25, 0.3) is 0 Å². The summed E-state index contributed by atoms with van der Waals surface area (Å²) in [7, 11) is 0. The maximum atomic E-state index is 10.5. The third-order valence-electron chi connectivity index (χ3n) is 16.4. The molecule has 3 aromatic carbocycles. The third-order valence-corrected chi connectivity index (χ3v) is 22.0. The number of carbonyl (C=O) groups is 3. The summed E-state index contributed by atoms with van der Waals surface area (Å²) in [4.78, 5) is 30.3. The first-order valence-electron chi connectivity index (χ1n) is 43.9. The number of hydrogen-bond acceptors (Lipinski definition) is 28. The van der Waals surface area contributed by atoms with Gasteiger partial charge in [-0.25, -0.2) is 0 Å². The maximum absolute atomic E-state index is 10.5. The number of ether oxygens (including phenoxy) is 21. The van der Waals surface area contributed by atoms with E-state index in [4.69, 9.17) is 121 Å². The molecular formula is C97H156Br5ClO26P2S2. The summed E-state index contributed by atoms with van der Waals surface area (Å²) < 4.78 is 111. The summed E-state index contributed by atoms with van der Waals surface area (Å²) in [6.45, 7) is 41.3. The minimum atomic E-state index is -1.94. The molecule has 3 aromatic rings. The second kappa shape index (κ2) is 98.0. The van der Waals surface area contributed by atoms with E-state index < -0.39 is 6.89 Å². The maximum Gasteiger partial charge on any atom is 0.160 e. The summed E-state index contributed by atoms with van der Waals surface area (Å²) in [5.41, 5.74) is 9.21. The minimum absolute atomic E-state index is 0.00756. The van der Waals surface area contributed by atoms with Gasteiger partial charge in [0, 0.05) is 50.8 Å². The molecule has 6 atom stereocenters. The molecule has 8 rings (SSSR count). The number of aldehydes is 1. The molecule has 0 aromatic heterocycles. The molecule has 2 N–H and O–H groups in total. The van der Waals surface area contributed by atoms with Gasteiger partial charge in [0.15, 0.2) is 43.0 Å². The first kappa shape index (κ1) is 134. The van der Waals surface area contributed by atoms with E-state index in [2.05, 4.69) is 208 Å². The second-order valence-corrected chi connectivity index (χ2v) is 51.7. The van der Waals surface area contributed by atoms with Crippen molar-refractivity contribution < 1.29 is 124 Å². The van der Waals surface area contributed by atoms with Gasteiger partial charge >= 0.3 is 0 Å². The zero-order valence-electron chi connectivity index (χ0n) is 80.9. The van der Waals surface area contributed by atoms with Crippen molar-refractivity contribution in [3.63, 3.8) is 0 Å². The van der Waals surface area contributed by atoms with E-state index in [-0.39, 0.29) is 100 Å². The van der Waals surface area contributed by atoms with Gasteiger partial charge in [-0.1, -0.05) is 162 Å². The lowest BCUT2D eigenvalue weighted by atomic mass is 10.2. The molecule has 764 valence electrons. The second-order valence-electron chi connectivity index (χ2n) is 30.3. The Labute approximate surface area is 852 Å². The molecule has 0 spiro atoms. The number of aliphatic hydroxyl groups is 2. The molecule has 5 fully saturated rings. The Bertz CT molecular complexity index is 3310. The highest BCUT2D eigenvalue weighted by Crippen LogP contribution is 2.59. The first-order chi connectivity index (χ1) is 64.0. The summed E-state index contributed by atoms with van der Waals surface area (Å²) in [5.74, 6) is 3.77. The molecule has 0 amide bonds. The smallest absolute Gasteiger partial charge is 0.160 e. The van der Waals surface area contributed by atoms with Crippen molar-refractivity contribution >= 4 is 164 Å². The van der Waals surface area contributed by atoms with Crippen molar-refractivity contribution in [2.75, 3.05) is 174 Å². The van der Waals surface area contributed by atoms with E-state index in [9.17, 15) is 14.4 Å². The largest absolute Gasteiger partial charge is 0.497 e. The molecule has 0 saturated carbocycles. The standard InChI is InChI=1S/C21H21OPS.C14H24O4.C12H22O4S.C10H18O4.C9H15BrO2.C9H16O4.C9H16O3.C6H11BrO2.C4H7Cl.C3H6O2.Br3P/c1-24-18-22-17-23(19-11-5-2-6-12-19,20-13-7-3-8-14-20)21-15-9-4-10-16-21;1-12(2)8-15-9-13(3)10-16-11-18-14-6-4-5-7-17-14;1-11(8-14-10-17-2)7-13-9-16-12-5-3-4-6-15-12;1-9(6-11)7-12-8-14-10-4-2-3-5-13-10;1-8(2)4-11-5-9(3)6-12-7-10;1-8(10)6-11-7-13-9-4-2-3-5-12-9;1-8(2)4-11-5-9(3)6-12-7-10;7-5-9-6-3-1-2-4-8-6;1-4(2)3-5;1-3(5)2-4;1-4(2)3/h2-17H,18H2,1H3;9,14H,1,4-8,10-11H2,2-3H3;8,12H,3-7,9-10H2,1-2H3;6,9-10H,2-5,7-8H2,1H3;5H,1,4,6-7H2,2-3H3;9H,2-7H2,1H3;5,10H,1,4,6-7H2,2-3H3;6H,1-5H2;1,3H2,2H3;4H,2H2,1H3;/b;13-9+;11-8+;;9-5+;;9-5+;;;;. The number of rotatable bonds is 49. The number of Topliss-reactive ketones (excluding diaryl/α,β-unsaturated/α-hetero) is 2. The Morgan fingerprint density at radius 3 is 0.992 bits per heavy atom. The summed E-state index contributed by atoms with van der Waals surface area (Å²) in [6, 6.07) is 32.1. The van der Waals surface area contributed by atoms with Crippen molar-refractivity contribution in [3.8, 4) is 0 Å². The number of alkyl halides is 3. The number of benzene rings is 3. The number of ketones is 2. The highest BCUT2D eigenvalue weighted by atomic mass is 80.0. The normalized spacial score (nSPS) is 17.2. The number of thioether (sulfide) groups is 2. The van der Waals surface area contributed by atoms with Crippen LogP contribution in [0.1, 0.15) is 172 Å². The highest BCUT2D eigenvalue weighted by Gasteiger charge is 2.26. The van der Waals surface area contributed by atoms with E-state index in [0.29, 0.717) is 81.6 Å². The van der Waals surface area contributed by atoms with E-state index >= 15 is 0 Å². The lowest BCUT2D eigenvalue weighted by Gasteiger charge is -2.28. The first-order valence-corrected chi connectivity index (χ1v) is 58.8. The van der Waals surface area contributed by atoms with Crippen LogP contribution in [-0.4, -0.2) is 240 Å². The predicted octanol–water partition coefficient (Wildman–Crippen LogP) is 23.2. The Morgan fingerprint density at radius 2 is 0.729 bits per heavy atom. The SMILES string of the molecule is BrCOC1CCCCO1.BrP(Br)Br.C=C(C)CCl.C=C(C)CO/C=C(\C)COCBr.C=C(C)CO/C=C(\C)COCO.C=C(C)CO/C=C(\C)COCOC1CCCCO1.CC(=O)CO.CC(=O)COCOC1CCCCO1.CC(C=O)COCOC1CCCCO1.CSCO/C=C(\C)COCOC1CCCCO1.CSCOC=P(c1ccccc1)(c1ccccc1)c1ccccc1. The lowest BCUT2D eigenvalue weighted by molar-refractivity contribution is -0.210. The van der Waals surface area contributed by atoms with Crippen LogP contribution in [0.2, 0.25) is 0 Å². The predicted molar refractivity (Wildman–Crippen MR) is 564 cm³/mol. The zero-order chi connectivity index (χ0) is 99.4. The summed E-state index contributed by atoms with van der Waals surface area (Å²) >= 11 is 24.4. The molecule has 0 aliphatic carbocycles. The quantitative estimate of drug-likeness (QED) is 0.0101. The van der Waals surface area contributed by atoms with E-state index in [1.165, 1.54) is 55.4 Å². The summed E-state index contributed by atoms with van der Waals surface area (Å²) in [5, 5.41) is 20.0. The molecule has 0 radical (unpaired) electrons. The van der Waals surface area contributed by atoms with Crippen LogP contribution in [-0.2, 0) is 114 Å². The van der Waals surface area contributed by atoms with Crippen LogP contribution in [0.4, 0.5) is 0 Å². The molecular weight excluding hydrogens is 2140 g/mol. The monoisotopic (exact) mass is 2290 g/mol. The Hall–Kier alpha value is -2.85. The van der Waals surface area contributed by atoms with Crippen LogP contribution in [0.3, 0.4) is 0 Å². The fourth-order valence-corrected chi connectivity index (χ4v) is 14.7. The molecule has 5 heterocycles. The molecule has 36 heteroatoms. The fourth-order valence-electron chi connectivity index (χ4n) is 10.2. The van der Waals surface area contributed by atoms with Gasteiger partial charge in [0.2, 0.25) is 0 Å². The highest BCUT2D eigenvalue weighted by molar-refractivity contribution is 9.93. The van der Waals surface area contributed by atoms with Crippen LogP contribution in [0, 0.1) is 5.92 Å². The summed E-state index contributed by atoms with van der Waals surface area (Å²) in [6.07, 6.45) is 27.7. The van der Waals surface area contributed by atoms with Crippen molar-refractivity contribution in [1.29, 1.82) is 0 Å². The van der Waals surface area contributed by atoms with Crippen molar-refractivity contribution in [3.05, 3.63) is 187 Å². The van der Waals surface area contributed by atoms with Gasteiger partial charge in [-0.05, 0) is 286 Å². The van der Waals surface area contributed by atoms with Gasteiger partial charge in [0.05, 0.1) is 64.0 Å². The van der Waals surface area contributed by atoms with Crippen molar-refractivity contribution in [2.45, 2.75) is 204 Å². The lowest BCUT2D eigenvalue weighted by Crippen LogP contribution is -2.27. The zero-order valence-corrected chi connectivity index (χ0v) is 93.0. The average Bonchev–Trinajstić information content (AvgIpc) is 0.758. The average molecular weight is 2300 g/mol. The number of hydrogen-bond donors (Lipinski definition) is 2. The van der Waals surface area contributed by atoms with Gasteiger partial charge in [-0.3, -0.25) is 9.59 Å². The number of halogens is 6. The Kier molecular flexibility index (Phi) is 98.9. The third kappa shape index (κ3) is 89.0. The van der Waals surface area contributed by atoms with E-state index in [1.54, 1.807) is 48.6 Å². The van der Waals surface area contributed by atoms with Gasteiger partial charge < -0.3 is 114 Å². The molecule has 0 bridgehead atoms. The molecule has 26 nitrogen and oxygen atoms in total. The van der Waals surface area contributed by atoms with Gasteiger partial charge in [0.1, 0.15) is 94.3 Å². The number of allylic oxidation sites excluding steroid dienone is 1. The topological polar surface area (TPSA) is 286 Å². The fraction of sp³-hybridized carbons (Fsp3) is 0.608. The molecule has 5 aliphatic rings. The van der Waals surface area contributed by atoms with Gasteiger partial charge in [-0.2, -0.15) is 0 Å². The Morgan fingerprint density at radius 1 is 0.436 bits per heavy atom. The molecule has 133 heavy (non-hydrogen) atoms. The number of aliphatic hydroxyl groups excluding tert-OH is 2. The van der Waals surface area contributed by atoms with Crippen LogP contribution < -0.4 is 15.9 Å². The van der Waals surface area contributed by atoms with E-state index in [0.717, 1.165) is 155 Å². The van der Waals surface area contributed by atoms with Gasteiger partial charge in [0.25, 0.3) is 0 Å². The molecule has 6 unspecified atom stereocenters. The molecule has 5 saturated heterocycles. The molecule has 5 aliphatic heterocycles. The number of carbonyl (C=O) groups excluding carboxylic acids is 3. The van der Waals surface area contributed by atoms with Crippen molar-refractivity contribution in [2.24, 2.45) is 5.92 Å². The van der Waals surface area contributed by atoms with Crippen LogP contribution >= 0.6 is 124 Å². The van der Waals surface area contributed by atoms with E-state index in [1.807, 2.05) is 68.6 Å². The van der Waals surface area contributed by atoms with Crippen LogP contribution in [0.5, 0.6) is 0 Å². The van der Waals surface area contributed by atoms with Crippen LogP contribution in [0.15, 0.2) is 187 Å².